The highest BCUT2D eigenvalue weighted by atomic mass is 16.5. The van der Waals surface area contributed by atoms with Crippen molar-refractivity contribution in [3.05, 3.63) is 64.0 Å². The van der Waals surface area contributed by atoms with Gasteiger partial charge >= 0.3 is 0 Å². The molecule has 144 valence electrons. The summed E-state index contributed by atoms with van der Waals surface area (Å²) in [7, 11) is 1.58. The summed E-state index contributed by atoms with van der Waals surface area (Å²) in [6, 6.07) is 10.6. The van der Waals surface area contributed by atoms with Crippen LogP contribution in [0.2, 0.25) is 0 Å². The van der Waals surface area contributed by atoms with E-state index < -0.39 is 0 Å². The number of ether oxygens (including phenoxy) is 2. The Hall–Kier alpha value is -3.12. The Bertz CT molecular complexity index is 1100. The predicted molar refractivity (Wildman–Crippen MR) is 106 cm³/mol. The Morgan fingerprint density at radius 1 is 1.07 bits per heavy atom. The minimum Gasteiger partial charge on any atom is -0.496 e. The molecule has 0 atom stereocenters. The van der Waals surface area contributed by atoms with Crippen molar-refractivity contribution in [2.45, 2.75) is 6.92 Å². The van der Waals surface area contributed by atoms with Gasteiger partial charge in [0, 0.05) is 29.8 Å². The summed E-state index contributed by atoms with van der Waals surface area (Å²) in [5.41, 5.74) is 2.51. The fraction of sp³-hybridized carbons (Fsp3) is 0.273. The maximum atomic E-state index is 13.2. The molecule has 1 aromatic heterocycles. The van der Waals surface area contributed by atoms with Crippen molar-refractivity contribution in [2.75, 3.05) is 33.4 Å². The molecule has 6 nitrogen and oxygen atoms in total. The van der Waals surface area contributed by atoms with E-state index in [0.717, 1.165) is 5.56 Å². The number of rotatable bonds is 3. The standard InChI is InChI=1S/C22H21NO5/c1-14-19(26-2)8-7-17-20(24)18(13-28-21(14)17)15-5-3-4-6-16(15)22(25)23-9-11-27-12-10-23/h3-8,13H,9-12H2,1-2H3. The highest BCUT2D eigenvalue weighted by molar-refractivity contribution is 6.01. The minimum absolute atomic E-state index is 0.107. The molecular formula is C22H21NO5. The summed E-state index contributed by atoms with van der Waals surface area (Å²) in [6.07, 6.45) is 1.43. The van der Waals surface area contributed by atoms with E-state index in [-0.39, 0.29) is 11.3 Å². The van der Waals surface area contributed by atoms with Gasteiger partial charge in [-0.1, -0.05) is 18.2 Å². The molecule has 1 aliphatic rings. The molecule has 0 aliphatic carbocycles. The van der Waals surface area contributed by atoms with E-state index in [2.05, 4.69) is 0 Å². The molecule has 2 heterocycles. The van der Waals surface area contributed by atoms with Crippen LogP contribution in [0.4, 0.5) is 0 Å². The second-order valence-electron chi connectivity index (χ2n) is 6.70. The average Bonchev–Trinajstić information content (AvgIpc) is 2.75. The number of nitrogens with zero attached hydrogens (tertiary/aromatic N) is 1. The van der Waals surface area contributed by atoms with E-state index in [9.17, 15) is 9.59 Å². The van der Waals surface area contributed by atoms with Crippen LogP contribution < -0.4 is 10.2 Å². The predicted octanol–water partition coefficient (Wildman–Crippen LogP) is 3.25. The Morgan fingerprint density at radius 2 is 1.82 bits per heavy atom. The lowest BCUT2D eigenvalue weighted by molar-refractivity contribution is 0.0303. The van der Waals surface area contributed by atoms with Gasteiger partial charge in [-0.25, -0.2) is 0 Å². The van der Waals surface area contributed by atoms with Crippen molar-refractivity contribution in [2.24, 2.45) is 0 Å². The van der Waals surface area contributed by atoms with Crippen molar-refractivity contribution in [1.29, 1.82) is 0 Å². The monoisotopic (exact) mass is 379 g/mol. The Kier molecular flexibility index (Phi) is 4.88. The van der Waals surface area contributed by atoms with Gasteiger partial charge in [0.25, 0.3) is 5.91 Å². The van der Waals surface area contributed by atoms with E-state index in [1.54, 1.807) is 42.3 Å². The van der Waals surface area contributed by atoms with Crippen LogP contribution in [0.25, 0.3) is 22.1 Å². The summed E-state index contributed by atoms with van der Waals surface area (Å²) < 4.78 is 16.4. The zero-order chi connectivity index (χ0) is 19.7. The van der Waals surface area contributed by atoms with Crippen molar-refractivity contribution in [1.82, 2.24) is 4.90 Å². The molecule has 0 saturated carbocycles. The van der Waals surface area contributed by atoms with Crippen molar-refractivity contribution < 1.29 is 18.7 Å². The average molecular weight is 379 g/mol. The fourth-order valence-corrected chi connectivity index (χ4v) is 3.57. The largest absolute Gasteiger partial charge is 0.496 e. The Labute approximate surface area is 162 Å². The van der Waals surface area contributed by atoms with E-state index in [0.29, 0.717) is 59.7 Å². The van der Waals surface area contributed by atoms with Gasteiger partial charge in [0.15, 0.2) is 0 Å². The molecule has 4 rings (SSSR count). The second kappa shape index (κ2) is 7.48. The first-order valence-electron chi connectivity index (χ1n) is 9.17. The molecule has 0 bridgehead atoms. The number of morpholine rings is 1. The van der Waals surface area contributed by atoms with Gasteiger partial charge in [0.05, 0.1) is 31.3 Å². The summed E-state index contributed by atoms with van der Waals surface area (Å²) in [6.45, 7) is 3.97. The zero-order valence-electron chi connectivity index (χ0n) is 15.9. The fourth-order valence-electron chi connectivity index (χ4n) is 3.57. The summed E-state index contributed by atoms with van der Waals surface area (Å²) in [4.78, 5) is 28.0. The summed E-state index contributed by atoms with van der Waals surface area (Å²) >= 11 is 0. The van der Waals surface area contributed by atoms with Crippen molar-refractivity contribution >= 4 is 16.9 Å². The number of benzene rings is 2. The first-order valence-corrected chi connectivity index (χ1v) is 9.17. The lowest BCUT2D eigenvalue weighted by Crippen LogP contribution is -2.40. The first-order chi connectivity index (χ1) is 13.6. The molecule has 1 amide bonds. The SMILES string of the molecule is COc1ccc2c(=O)c(-c3ccccc3C(=O)N3CCOCC3)coc2c1C. The maximum absolute atomic E-state index is 13.2. The topological polar surface area (TPSA) is 69.0 Å². The quantitative estimate of drug-likeness (QED) is 0.699. The van der Waals surface area contributed by atoms with Gasteiger partial charge in [0.2, 0.25) is 5.43 Å². The van der Waals surface area contributed by atoms with Gasteiger partial charge in [-0.15, -0.1) is 0 Å². The van der Waals surface area contributed by atoms with Crippen LogP contribution in [0, 0.1) is 6.92 Å². The molecule has 6 heteroatoms. The number of amides is 1. The third-order valence-corrected chi connectivity index (χ3v) is 5.11. The zero-order valence-corrected chi connectivity index (χ0v) is 15.9. The van der Waals surface area contributed by atoms with Gasteiger partial charge in [-0.05, 0) is 25.1 Å². The maximum Gasteiger partial charge on any atom is 0.254 e. The number of carbonyl (C=O) groups is 1. The number of methoxy groups -OCH3 is 1. The summed E-state index contributed by atoms with van der Waals surface area (Å²) in [5.74, 6) is 0.551. The van der Waals surface area contributed by atoms with Crippen LogP contribution in [-0.4, -0.2) is 44.2 Å². The Morgan fingerprint density at radius 3 is 2.57 bits per heavy atom. The van der Waals surface area contributed by atoms with Gasteiger partial charge in [-0.3, -0.25) is 9.59 Å². The normalized spacial score (nSPS) is 14.3. The molecular weight excluding hydrogens is 358 g/mol. The van der Waals surface area contributed by atoms with Gasteiger partial charge < -0.3 is 18.8 Å². The minimum atomic E-state index is -0.172. The lowest BCUT2D eigenvalue weighted by Gasteiger charge is -2.27. The Balaban J connectivity index is 1.84. The number of carbonyl (C=O) groups excluding carboxylic acids is 1. The molecule has 0 unspecified atom stereocenters. The van der Waals surface area contributed by atoms with Crippen LogP contribution in [0.5, 0.6) is 5.75 Å². The highest BCUT2D eigenvalue weighted by Gasteiger charge is 2.23. The molecule has 0 spiro atoms. The molecule has 0 N–H and O–H groups in total. The first kappa shape index (κ1) is 18.3. The van der Waals surface area contributed by atoms with Crippen LogP contribution >= 0.6 is 0 Å². The number of aryl methyl sites for hydroxylation is 1. The van der Waals surface area contributed by atoms with Crippen LogP contribution in [-0.2, 0) is 4.74 Å². The molecule has 1 saturated heterocycles. The molecule has 1 aliphatic heterocycles. The third kappa shape index (κ3) is 3.05. The van der Waals surface area contributed by atoms with E-state index in [1.165, 1.54) is 6.26 Å². The second-order valence-corrected chi connectivity index (χ2v) is 6.70. The van der Waals surface area contributed by atoms with Crippen LogP contribution in [0.15, 0.2) is 51.9 Å². The van der Waals surface area contributed by atoms with E-state index in [1.807, 2.05) is 13.0 Å². The highest BCUT2D eigenvalue weighted by Crippen LogP contribution is 2.29. The van der Waals surface area contributed by atoms with Crippen LogP contribution in [0.3, 0.4) is 0 Å². The molecule has 3 aromatic rings. The van der Waals surface area contributed by atoms with Gasteiger partial charge in [0.1, 0.15) is 17.6 Å². The number of hydrogen-bond acceptors (Lipinski definition) is 5. The number of fused-ring (bicyclic) bond motifs is 1. The molecule has 0 radical (unpaired) electrons. The summed E-state index contributed by atoms with van der Waals surface area (Å²) in [5, 5.41) is 0.462. The molecule has 2 aromatic carbocycles. The lowest BCUT2D eigenvalue weighted by atomic mass is 9.98. The smallest absolute Gasteiger partial charge is 0.254 e. The van der Waals surface area contributed by atoms with E-state index >= 15 is 0 Å². The van der Waals surface area contributed by atoms with E-state index in [4.69, 9.17) is 13.9 Å². The van der Waals surface area contributed by atoms with Crippen molar-refractivity contribution in [3.8, 4) is 16.9 Å². The van der Waals surface area contributed by atoms with Crippen molar-refractivity contribution in [3.63, 3.8) is 0 Å². The third-order valence-electron chi connectivity index (χ3n) is 5.11. The number of hydrogen-bond donors (Lipinski definition) is 0. The van der Waals surface area contributed by atoms with Gasteiger partial charge in [-0.2, -0.15) is 0 Å². The van der Waals surface area contributed by atoms with Crippen LogP contribution in [0.1, 0.15) is 15.9 Å². The molecule has 1 fully saturated rings. The molecule has 28 heavy (non-hydrogen) atoms.